The van der Waals surface area contributed by atoms with E-state index < -0.39 is 17.7 Å². The number of hydrogen-bond donors (Lipinski definition) is 1. The molecule has 4 aromatic rings. The number of thiazole rings is 1. The first kappa shape index (κ1) is 29.5. The molecule has 2 aliphatic heterocycles. The summed E-state index contributed by atoms with van der Waals surface area (Å²) >= 11 is 1.28. The van der Waals surface area contributed by atoms with Gasteiger partial charge in [-0.25, -0.2) is 4.98 Å². The van der Waals surface area contributed by atoms with Gasteiger partial charge in [-0.3, -0.25) is 14.5 Å². The van der Waals surface area contributed by atoms with Crippen LogP contribution in [0.25, 0.3) is 16.0 Å². The number of hydrogen-bond acceptors (Lipinski definition) is 9. The summed E-state index contributed by atoms with van der Waals surface area (Å²) in [6.45, 7) is 9.19. The molecule has 6 rings (SSSR count). The van der Waals surface area contributed by atoms with Crippen LogP contribution >= 0.6 is 11.3 Å². The van der Waals surface area contributed by atoms with Gasteiger partial charge in [0.2, 0.25) is 0 Å². The SMILES string of the molecule is CCCOc1ccc([C@@H]2C(=C(O)c3ccc4c(c3)C[C@@H](C)O4)C(=O)C(=O)N2c2nc3ccc(OCC)cc3s2)cc1OCC. The molecule has 1 N–H and O–H groups in total. The first-order valence-corrected chi connectivity index (χ1v) is 15.7. The maximum Gasteiger partial charge on any atom is 0.301 e. The van der Waals surface area contributed by atoms with E-state index in [4.69, 9.17) is 23.9 Å². The average molecular weight is 615 g/mol. The van der Waals surface area contributed by atoms with Crippen LogP contribution in [0.1, 0.15) is 56.8 Å². The van der Waals surface area contributed by atoms with Gasteiger partial charge in [0.25, 0.3) is 5.78 Å². The van der Waals surface area contributed by atoms with Gasteiger partial charge in [-0.05, 0) is 86.8 Å². The molecular formula is C34H34N2O7S. The minimum Gasteiger partial charge on any atom is -0.507 e. The Balaban J connectivity index is 1.52. The van der Waals surface area contributed by atoms with Crippen LogP contribution < -0.4 is 23.8 Å². The zero-order valence-electron chi connectivity index (χ0n) is 25.1. The lowest BCUT2D eigenvalue weighted by molar-refractivity contribution is -0.132. The van der Waals surface area contributed by atoms with E-state index in [9.17, 15) is 14.7 Å². The molecule has 1 saturated heterocycles. The van der Waals surface area contributed by atoms with Crippen molar-refractivity contribution >= 4 is 44.1 Å². The predicted octanol–water partition coefficient (Wildman–Crippen LogP) is 6.83. The number of rotatable bonds is 10. The monoisotopic (exact) mass is 614 g/mol. The predicted molar refractivity (Wildman–Crippen MR) is 169 cm³/mol. The van der Waals surface area contributed by atoms with Crippen LogP contribution in [-0.4, -0.2) is 47.7 Å². The van der Waals surface area contributed by atoms with Gasteiger partial charge in [0, 0.05) is 12.0 Å². The van der Waals surface area contributed by atoms with Crippen molar-refractivity contribution in [1.82, 2.24) is 4.98 Å². The first-order valence-electron chi connectivity index (χ1n) is 14.9. The van der Waals surface area contributed by atoms with Crippen LogP contribution in [0.3, 0.4) is 0 Å². The number of anilines is 1. The van der Waals surface area contributed by atoms with Gasteiger partial charge < -0.3 is 24.1 Å². The minimum absolute atomic E-state index is 0.0145. The molecule has 2 aliphatic rings. The Morgan fingerprint density at radius 3 is 2.59 bits per heavy atom. The van der Waals surface area contributed by atoms with Gasteiger partial charge in [-0.1, -0.05) is 24.3 Å². The van der Waals surface area contributed by atoms with E-state index in [-0.39, 0.29) is 17.4 Å². The molecule has 0 bridgehead atoms. The maximum atomic E-state index is 13.8. The Labute approximate surface area is 259 Å². The lowest BCUT2D eigenvalue weighted by Gasteiger charge is -2.24. The van der Waals surface area contributed by atoms with Gasteiger partial charge in [0.1, 0.15) is 23.4 Å². The number of amides is 1. The van der Waals surface area contributed by atoms with Crippen molar-refractivity contribution in [1.29, 1.82) is 0 Å². The van der Waals surface area contributed by atoms with Crippen LogP contribution in [0.4, 0.5) is 5.13 Å². The number of carbonyl (C=O) groups excluding carboxylic acids is 2. The molecule has 1 amide bonds. The normalized spacial score (nSPS) is 18.9. The molecule has 10 heteroatoms. The summed E-state index contributed by atoms with van der Waals surface area (Å²) in [6.07, 6.45) is 1.52. The average Bonchev–Trinajstić information content (AvgIpc) is 3.68. The van der Waals surface area contributed by atoms with E-state index in [0.29, 0.717) is 65.3 Å². The van der Waals surface area contributed by atoms with Crippen molar-refractivity contribution in [3.05, 3.63) is 76.9 Å². The van der Waals surface area contributed by atoms with Crippen molar-refractivity contribution in [2.75, 3.05) is 24.7 Å². The van der Waals surface area contributed by atoms with Gasteiger partial charge in [-0.15, -0.1) is 0 Å². The van der Waals surface area contributed by atoms with E-state index in [1.807, 2.05) is 52.0 Å². The topological polar surface area (TPSA) is 107 Å². The van der Waals surface area contributed by atoms with Crippen molar-refractivity contribution in [3.8, 4) is 23.0 Å². The second-order valence-corrected chi connectivity index (χ2v) is 11.7. The number of benzene rings is 3. The molecule has 0 saturated carbocycles. The van der Waals surface area contributed by atoms with Crippen LogP contribution in [0, 0.1) is 0 Å². The number of ether oxygens (including phenoxy) is 4. The Bertz CT molecular complexity index is 1780. The van der Waals surface area contributed by atoms with E-state index in [1.165, 1.54) is 16.2 Å². The van der Waals surface area contributed by atoms with Gasteiger partial charge >= 0.3 is 5.91 Å². The molecule has 0 unspecified atom stereocenters. The molecule has 2 atom stereocenters. The number of aromatic nitrogens is 1. The molecule has 0 spiro atoms. The highest BCUT2D eigenvalue weighted by Gasteiger charge is 2.48. The van der Waals surface area contributed by atoms with Crippen molar-refractivity contribution in [2.24, 2.45) is 0 Å². The molecule has 228 valence electrons. The standard InChI is InChI=1S/C34H34N2O7S/c1-5-14-42-26-13-8-20(17-27(26)41-7-3)30-29(31(37)21-9-12-25-22(16-21)15-19(4)43-25)32(38)33(39)36(30)34-35-24-11-10-23(40-6-2)18-28(24)44-34/h8-13,16-19,30,37H,5-7,14-15H2,1-4H3/t19-,30-/m1/s1. The Hall–Kier alpha value is -4.57. The second kappa shape index (κ2) is 12.2. The van der Waals surface area contributed by atoms with Gasteiger partial charge in [0.05, 0.1) is 41.7 Å². The number of fused-ring (bicyclic) bond motifs is 2. The van der Waals surface area contributed by atoms with Crippen LogP contribution in [0.5, 0.6) is 23.0 Å². The molecule has 0 aliphatic carbocycles. The summed E-state index contributed by atoms with van der Waals surface area (Å²) in [7, 11) is 0. The highest BCUT2D eigenvalue weighted by molar-refractivity contribution is 7.22. The van der Waals surface area contributed by atoms with Crippen LogP contribution in [0.2, 0.25) is 0 Å². The zero-order chi connectivity index (χ0) is 31.0. The Morgan fingerprint density at radius 1 is 1.00 bits per heavy atom. The summed E-state index contributed by atoms with van der Waals surface area (Å²) in [6, 6.07) is 15.2. The summed E-state index contributed by atoms with van der Waals surface area (Å²) in [5, 5.41) is 12.1. The molecule has 1 fully saturated rings. The second-order valence-electron chi connectivity index (χ2n) is 10.7. The number of ketones is 1. The fourth-order valence-electron chi connectivity index (χ4n) is 5.62. The smallest absolute Gasteiger partial charge is 0.301 e. The van der Waals surface area contributed by atoms with E-state index in [2.05, 4.69) is 0 Å². The van der Waals surface area contributed by atoms with Crippen molar-refractivity contribution in [2.45, 2.75) is 52.7 Å². The molecule has 3 aromatic carbocycles. The molecule has 3 heterocycles. The Kier molecular flexibility index (Phi) is 8.18. The number of aliphatic hydroxyl groups is 1. The quantitative estimate of drug-likeness (QED) is 0.118. The number of aliphatic hydroxyl groups excluding tert-OH is 1. The minimum atomic E-state index is -0.968. The molecular weight excluding hydrogens is 580 g/mol. The maximum absolute atomic E-state index is 13.8. The zero-order valence-corrected chi connectivity index (χ0v) is 25.9. The van der Waals surface area contributed by atoms with Crippen molar-refractivity contribution < 1.29 is 33.6 Å². The third kappa shape index (κ3) is 5.34. The van der Waals surface area contributed by atoms with Crippen molar-refractivity contribution in [3.63, 3.8) is 0 Å². The summed E-state index contributed by atoms with van der Waals surface area (Å²) in [5.74, 6) is 0.647. The third-order valence-electron chi connectivity index (χ3n) is 7.52. The molecule has 44 heavy (non-hydrogen) atoms. The van der Waals surface area contributed by atoms with Gasteiger partial charge in [0.15, 0.2) is 16.6 Å². The lowest BCUT2D eigenvalue weighted by Crippen LogP contribution is -2.29. The van der Waals surface area contributed by atoms with E-state index in [0.717, 1.165) is 22.4 Å². The molecule has 1 aromatic heterocycles. The summed E-state index contributed by atoms with van der Waals surface area (Å²) in [4.78, 5) is 33.7. The lowest BCUT2D eigenvalue weighted by atomic mass is 9.94. The summed E-state index contributed by atoms with van der Waals surface area (Å²) in [5.41, 5.74) is 2.58. The van der Waals surface area contributed by atoms with Crippen LogP contribution in [-0.2, 0) is 16.0 Å². The summed E-state index contributed by atoms with van der Waals surface area (Å²) < 4.78 is 24.1. The molecule has 0 radical (unpaired) electrons. The Morgan fingerprint density at radius 2 is 1.82 bits per heavy atom. The van der Waals surface area contributed by atoms with Gasteiger partial charge in [-0.2, -0.15) is 0 Å². The largest absolute Gasteiger partial charge is 0.507 e. The highest BCUT2D eigenvalue weighted by Crippen LogP contribution is 2.46. The van der Waals surface area contributed by atoms with E-state index in [1.54, 1.807) is 30.3 Å². The third-order valence-corrected chi connectivity index (χ3v) is 8.54. The number of Topliss-reactive ketones (excluding diaryl/α,β-unsaturated/α-hetero) is 1. The number of nitrogens with zero attached hydrogens (tertiary/aromatic N) is 2. The first-order chi connectivity index (χ1) is 21.3. The number of carbonyl (C=O) groups is 2. The molecule has 9 nitrogen and oxygen atoms in total. The highest BCUT2D eigenvalue weighted by atomic mass is 32.1. The van der Waals surface area contributed by atoms with Crippen LogP contribution in [0.15, 0.2) is 60.2 Å². The fourth-order valence-corrected chi connectivity index (χ4v) is 6.64. The fraction of sp³-hybridized carbons (Fsp3) is 0.324. The van der Waals surface area contributed by atoms with E-state index >= 15 is 0 Å².